The molecule has 5 N–H and O–H groups in total. The highest BCUT2D eigenvalue weighted by Gasteiger charge is 2.62. The van der Waals surface area contributed by atoms with Crippen LogP contribution in [0.25, 0.3) is 16.6 Å². The van der Waals surface area contributed by atoms with Crippen molar-refractivity contribution >= 4 is 34.5 Å². The average molecular weight is 971 g/mol. The van der Waals surface area contributed by atoms with Gasteiger partial charge in [-0.2, -0.15) is 5.10 Å². The zero-order valence-corrected chi connectivity index (χ0v) is 42.4. The Morgan fingerprint density at radius 3 is 2.34 bits per heavy atom. The van der Waals surface area contributed by atoms with Crippen LogP contribution >= 0.6 is 0 Å². The lowest BCUT2D eigenvalue weighted by molar-refractivity contribution is -0.144. The summed E-state index contributed by atoms with van der Waals surface area (Å²) in [5.41, 5.74) is 12.2. The number of hydrogen-bond acceptors (Lipinski definition) is 9. The Morgan fingerprint density at radius 1 is 0.845 bits per heavy atom. The van der Waals surface area contributed by atoms with Crippen molar-refractivity contribution in [2.45, 2.75) is 105 Å². The van der Waals surface area contributed by atoms with Gasteiger partial charge in [0.1, 0.15) is 5.52 Å². The number of nitrogens with two attached hydrogens (primary N) is 1. The fourth-order valence-corrected chi connectivity index (χ4v) is 13.4. The predicted octanol–water partition coefficient (Wildman–Crippen LogP) is 8.81. The van der Waals surface area contributed by atoms with Crippen molar-refractivity contribution in [1.29, 1.82) is 0 Å². The number of hydrogen-bond donors (Lipinski definition) is 4. The van der Waals surface area contributed by atoms with E-state index in [2.05, 4.69) is 67.7 Å². The molecule has 4 fully saturated rings. The monoisotopic (exact) mass is 971 g/mol. The molecule has 14 nitrogen and oxygen atoms in total. The van der Waals surface area contributed by atoms with Crippen LogP contribution in [-0.2, 0) is 23.8 Å². The standard InChI is InChI=1S/C57H74N6O8/c1-37-42-16-17-48-56(4,45(42)33-47(64)50(37)65)19-18-44-46-34-55(3,21-20-54(46,2)22-23-57(44,48)5)52(67)59-24-8-27-69-29-31-71-32-30-70-28-25-60-53(68)62-26-7-10-39(35-62)38-12-14-41(15-13-38)63-36-40-9-6-11-43(51(58)66)49(40)61-63/h6,9,11-17,33,36,39,44,46,65H,7-8,10,18-32,34-35H2,1-5H3,(H2,58,66)(H,59,67)(H,60,68). The van der Waals surface area contributed by atoms with Crippen molar-refractivity contribution in [3.05, 3.63) is 106 Å². The number of urea groups is 1. The first-order chi connectivity index (χ1) is 34.0. The van der Waals surface area contributed by atoms with Gasteiger partial charge in [0.05, 0.1) is 44.3 Å². The van der Waals surface area contributed by atoms with Crippen LogP contribution in [0.5, 0.6) is 0 Å². The van der Waals surface area contributed by atoms with Crippen LogP contribution in [0.3, 0.4) is 0 Å². The number of aliphatic hydroxyl groups is 1. The van der Waals surface area contributed by atoms with E-state index in [-0.39, 0.29) is 45.6 Å². The summed E-state index contributed by atoms with van der Waals surface area (Å²) in [6, 6.07) is 13.5. The summed E-state index contributed by atoms with van der Waals surface area (Å²) in [5, 5.41) is 22.2. The Bertz CT molecular complexity index is 2670. The number of fused-ring (bicyclic) bond motifs is 8. The molecule has 1 aliphatic heterocycles. The number of piperidine rings is 1. The first-order valence-electron chi connectivity index (χ1n) is 26.1. The second-order valence-electron chi connectivity index (χ2n) is 22.2. The number of primary amides is 1. The smallest absolute Gasteiger partial charge is 0.317 e. The van der Waals surface area contributed by atoms with E-state index in [9.17, 15) is 24.3 Å². The van der Waals surface area contributed by atoms with Crippen LogP contribution < -0.4 is 16.4 Å². The zero-order chi connectivity index (χ0) is 50.1. The molecular weight excluding hydrogens is 897 g/mol. The third-order valence-electron chi connectivity index (χ3n) is 17.8. The van der Waals surface area contributed by atoms with Gasteiger partial charge < -0.3 is 40.6 Å². The summed E-state index contributed by atoms with van der Waals surface area (Å²) in [6.45, 7) is 16.3. The van der Waals surface area contributed by atoms with E-state index in [0.717, 1.165) is 86.4 Å². The molecule has 0 bridgehead atoms. The number of carbonyl (C=O) groups excluding carboxylic acids is 4. The number of allylic oxidation sites excluding steroid dienone is 7. The highest BCUT2D eigenvalue weighted by molar-refractivity contribution is 6.06. The van der Waals surface area contributed by atoms with Crippen LogP contribution in [0.15, 0.2) is 94.9 Å². The molecule has 7 atom stereocenters. The number of likely N-dealkylation sites (tertiary alicyclic amines) is 1. The molecule has 3 aromatic rings. The van der Waals surface area contributed by atoms with Gasteiger partial charge in [0, 0.05) is 66.7 Å². The van der Waals surface area contributed by atoms with Gasteiger partial charge in [0.25, 0.3) is 5.91 Å². The van der Waals surface area contributed by atoms with Crippen molar-refractivity contribution < 1.29 is 38.5 Å². The topological polar surface area (TPSA) is 187 Å². The Labute approximate surface area is 418 Å². The third kappa shape index (κ3) is 9.88. The van der Waals surface area contributed by atoms with Gasteiger partial charge >= 0.3 is 6.03 Å². The van der Waals surface area contributed by atoms with Crippen molar-refractivity contribution in [2.75, 3.05) is 65.8 Å². The molecule has 0 radical (unpaired) electrons. The second-order valence-corrected chi connectivity index (χ2v) is 22.2. The number of aromatic nitrogens is 2. The summed E-state index contributed by atoms with van der Waals surface area (Å²) in [5.74, 6) is 0.336. The molecule has 3 saturated carbocycles. The molecule has 4 amide bonds. The van der Waals surface area contributed by atoms with Gasteiger partial charge in [-0.15, -0.1) is 0 Å². The highest BCUT2D eigenvalue weighted by atomic mass is 16.5. The number of ketones is 1. The molecule has 9 rings (SSSR count). The predicted molar refractivity (Wildman–Crippen MR) is 273 cm³/mol. The van der Waals surface area contributed by atoms with Gasteiger partial charge in [-0.05, 0) is 135 Å². The highest BCUT2D eigenvalue weighted by Crippen LogP contribution is 2.70. The number of benzene rings is 2. The lowest BCUT2D eigenvalue weighted by atomic mass is 9.39. The maximum absolute atomic E-state index is 13.9. The summed E-state index contributed by atoms with van der Waals surface area (Å²) in [6.07, 6.45) is 17.8. The van der Waals surface area contributed by atoms with Crippen molar-refractivity contribution in [3.63, 3.8) is 0 Å². The summed E-state index contributed by atoms with van der Waals surface area (Å²) in [7, 11) is 0. The maximum Gasteiger partial charge on any atom is 0.317 e. The molecule has 5 aliphatic carbocycles. The van der Waals surface area contributed by atoms with Crippen molar-refractivity contribution in [1.82, 2.24) is 25.3 Å². The van der Waals surface area contributed by atoms with E-state index in [1.165, 1.54) is 11.1 Å². The van der Waals surface area contributed by atoms with Gasteiger partial charge in [-0.3, -0.25) is 14.4 Å². The second kappa shape index (κ2) is 20.5. The number of carbonyl (C=O) groups is 4. The first-order valence-corrected chi connectivity index (χ1v) is 26.1. The molecule has 7 unspecified atom stereocenters. The van der Waals surface area contributed by atoms with E-state index in [0.29, 0.717) is 94.3 Å². The number of amides is 4. The van der Waals surface area contributed by atoms with Crippen LogP contribution in [0.4, 0.5) is 4.79 Å². The Hall–Kier alpha value is -5.57. The van der Waals surface area contributed by atoms with Crippen molar-refractivity contribution in [3.8, 4) is 5.69 Å². The number of ether oxygens (including phenoxy) is 3. The summed E-state index contributed by atoms with van der Waals surface area (Å²) in [4.78, 5) is 53.5. The van der Waals surface area contributed by atoms with Gasteiger partial charge in [-0.1, -0.05) is 69.7 Å². The lowest BCUT2D eigenvalue weighted by Crippen LogP contribution is -2.57. The molecule has 2 aromatic carbocycles. The van der Waals surface area contributed by atoms with E-state index in [4.69, 9.17) is 19.9 Å². The number of aliphatic hydroxyl groups excluding tert-OH is 1. The molecule has 0 spiro atoms. The van der Waals surface area contributed by atoms with Gasteiger partial charge in [-0.25, -0.2) is 9.48 Å². The Balaban J connectivity index is 0.630. The number of nitrogens with zero attached hydrogens (tertiary/aromatic N) is 3. The minimum atomic E-state index is -0.504. The van der Waals surface area contributed by atoms with Gasteiger partial charge in [0.15, 0.2) is 5.76 Å². The number of rotatable bonds is 17. The average Bonchev–Trinajstić information content (AvgIpc) is 3.81. The molecule has 2 heterocycles. The van der Waals surface area contributed by atoms with Gasteiger partial charge in [0.2, 0.25) is 11.7 Å². The third-order valence-corrected chi connectivity index (χ3v) is 17.8. The largest absolute Gasteiger partial charge is 0.504 e. The fraction of sp³-hybridized carbons (Fsp3) is 0.561. The molecule has 14 heteroatoms. The molecule has 1 aromatic heterocycles. The molecular formula is C57H74N6O8. The van der Waals surface area contributed by atoms with Crippen LogP contribution in [0.1, 0.15) is 121 Å². The Kier molecular flexibility index (Phi) is 14.5. The van der Waals surface area contributed by atoms with E-state index in [1.807, 2.05) is 36.2 Å². The zero-order valence-electron chi connectivity index (χ0n) is 42.4. The fourth-order valence-electron chi connectivity index (χ4n) is 13.4. The lowest BCUT2D eigenvalue weighted by Gasteiger charge is -2.65. The summed E-state index contributed by atoms with van der Waals surface area (Å²) >= 11 is 0. The molecule has 6 aliphatic rings. The normalized spacial score (nSPS) is 29.3. The number of nitrogens with one attached hydrogen (secondary N) is 2. The molecule has 1 saturated heterocycles. The van der Waals surface area contributed by atoms with Crippen LogP contribution in [0, 0.1) is 33.5 Å². The maximum atomic E-state index is 13.9. The molecule has 380 valence electrons. The van der Waals surface area contributed by atoms with Crippen LogP contribution in [-0.4, -0.2) is 109 Å². The first kappa shape index (κ1) is 50.4. The van der Waals surface area contributed by atoms with E-state index >= 15 is 0 Å². The van der Waals surface area contributed by atoms with Crippen molar-refractivity contribution in [2.24, 2.45) is 39.2 Å². The Morgan fingerprint density at radius 2 is 1.58 bits per heavy atom. The van der Waals surface area contributed by atoms with E-state index < -0.39 is 11.3 Å². The molecule has 71 heavy (non-hydrogen) atoms. The SMILES string of the molecule is CC1=C(O)C(=O)C=C2C1=CC=C1C2(C)CCC2C3CC(C)(C(=O)NCCCOCCOCCOCCNC(=O)N4CCCC(c5ccc(-n6cc7cccc(C(N)=O)c7n6)cc5)C4)CCC3(C)CCC12C. The quantitative estimate of drug-likeness (QED) is 0.0960. The minimum absolute atomic E-state index is 0.0254. The summed E-state index contributed by atoms with van der Waals surface area (Å²) < 4.78 is 19.0. The van der Waals surface area contributed by atoms with Crippen LogP contribution in [0.2, 0.25) is 0 Å². The van der Waals surface area contributed by atoms with E-state index in [1.54, 1.807) is 22.9 Å². The minimum Gasteiger partial charge on any atom is -0.504 e.